The fourth-order valence-corrected chi connectivity index (χ4v) is 4.01. The molecule has 0 spiro atoms. The predicted molar refractivity (Wildman–Crippen MR) is 106 cm³/mol. The molecular formula is C18H22F3N5O5S. The van der Waals surface area contributed by atoms with Gasteiger partial charge >= 0.3 is 12.1 Å². The van der Waals surface area contributed by atoms with Crippen LogP contribution in [-0.2, 0) is 21.4 Å². The van der Waals surface area contributed by atoms with Crippen molar-refractivity contribution in [3.63, 3.8) is 0 Å². The van der Waals surface area contributed by atoms with E-state index in [9.17, 15) is 26.4 Å². The van der Waals surface area contributed by atoms with Gasteiger partial charge in [0.25, 0.3) is 5.91 Å². The van der Waals surface area contributed by atoms with E-state index in [1.54, 1.807) is 31.5 Å². The molecule has 0 radical (unpaired) electrons. The van der Waals surface area contributed by atoms with E-state index >= 15 is 0 Å². The maximum Gasteiger partial charge on any atom is 0.490 e. The highest BCUT2D eigenvalue weighted by Gasteiger charge is 2.38. The highest BCUT2D eigenvalue weighted by Crippen LogP contribution is 2.24. The number of sulfonamides is 1. The average Bonchev–Trinajstić information content (AvgIpc) is 3.23. The van der Waals surface area contributed by atoms with Crippen molar-refractivity contribution in [3.8, 4) is 0 Å². The van der Waals surface area contributed by atoms with Crippen molar-refractivity contribution in [2.45, 2.75) is 32.1 Å². The molecule has 1 aliphatic rings. The van der Waals surface area contributed by atoms with Gasteiger partial charge < -0.3 is 10.4 Å². The van der Waals surface area contributed by atoms with Crippen molar-refractivity contribution >= 4 is 21.9 Å². The Morgan fingerprint density at radius 1 is 1.28 bits per heavy atom. The summed E-state index contributed by atoms with van der Waals surface area (Å²) in [4.78, 5) is 24.9. The Bertz CT molecular complexity index is 1030. The van der Waals surface area contributed by atoms with Gasteiger partial charge in [-0.15, -0.1) is 0 Å². The second kappa shape index (κ2) is 10.5. The third-order valence-electron chi connectivity index (χ3n) is 4.54. The van der Waals surface area contributed by atoms with Gasteiger partial charge in [-0.2, -0.15) is 22.6 Å². The first-order valence-electron chi connectivity index (χ1n) is 9.44. The summed E-state index contributed by atoms with van der Waals surface area (Å²) in [6.45, 7) is 2.78. The molecule has 10 nitrogen and oxygen atoms in total. The SMILES string of the molecule is CCS(=O)(=O)N1Cc2ccnn2C(CCNC(=O)c2cccnc2)C1.O=C(O)C(F)(F)F. The number of carbonyl (C=O) groups is 2. The van der Waals surface area contributed by atoms with Crippen LogP contribution >= 0.6 is 0 Å². The van der Waals surface area contributed by atoms with Gasteiger partial charge in [0.2, 0.25) is 10.0 Å². The molecule has 3 heterocycles. The summed E-state index contributed by atoms with van der Waals surface area (Å²) in [7, 11) is -3.26. The number of amides is 1. The van der Waals surface area contributed by atoms with E-state index in [1.807, 2.05) is 10.7 Å². The van der Waals surface area contributed by atoms with E-state index in [0.717, 1.165) is 5.69 Å². The molecule has 0 saturated heterocycles. The van der Waals surface area contributed by atoms with Gasteiger partial charge in [-0.25, -0.2) is 13.2 Å². The number of carboxylic acids is 1. The number of aromatic nitrogens is 3. The lowest BCUT2D eigenvalue weighted by molar-refractivity contribution is -0.192. The van der Waals surface area contributed by atoms with Gasteiger partial charge in [-0.1, -0.05) is 0 Å². The standard InChI is InChI=1S/C16H21N5O3S.C2HF3O2/c1-2-25(23,24)20-11-14(21-15(12-20)6-9-19-21)5-8-18-16(22)13-4-3-7-17-10-13;3-2(4,5)1(6)7/h3-4,6-7,9-10,14H,2,5,8,11-12H2,1H3,(H,18,22);(H,6,7). The zero-order chi connectivity index (χ0) is 23.9. The normalized spacial score (nSPS) is 16.4. The van der Waals surface area contributed by atoms with Crippen LogP contribution in [0.4, 0.5) is 13.2 Å². The molecule has 0 fully saturated rings. The van der Waals surface area contributed by atoms with E-state index in [4.69, 9.17) is 9.90 Å². The molecule has 1 aliphatic heterocycles. The molecular weight excluding hydrogens is 455 g/mol. The van der Waals surface area contributed by atoms with Gasteiger partial charge in [-0.3, -0.25) is 14.5 Å². The van der Waals surface area contributed by atoms with Crippen LogP contribution in [0.3, 0.4) is 0 Å². The maximum absolute atomic E-state index is 12.2. The average molecular weight is 477 g/mol. The van der Waals surface area contributed by atoms with Crippen LogP contribution in [0.5, 0.6) is 0 Å². The van der Waals surface area contributed by atoms with Gasteiger partial charge in [0.1, 0.15) is 0 Å². The van der Waals surface area contributed by atoms with Crippen LogP contribution in [0.1, 0.15) is 35.4 Å². The number of nitrogens with zero attached hydrogens (tertiary/aromatic N) is 4. The number of pyridine rings is 1. The number of hydrogen-bond acceptors (Lipinski definition) is 6. The summed E-state index contributed by atoms with van der Waals surface area (Å²) in [6.07, 6.45) is 0.312. The van der Waals surface area contributed by atoms with E-state index in [0.29, 0.717) is 31.6 Å². The van der Waals surface area contributed by atoms with Gasteiger partial charge in [0.05, 0.1) is 29.6 Å². The highest BCUT2D eigenvalue weighted by molar-refractivity contribution is 7.89. The summed E-state index contributed by atoms with van der Waals surface area (Å²) in [6, 6.07) is 5.14. The summed E-state index contributed by atoms with van der Waals surface area (Å²) < 4.78 is 59.5. The van der Waals surface area contributed by atoms with Crippen LogP contribution in [0, 0.1) is 0 Å². The molecule has 0 bridgehead atoms. The number of halogens is 3. The molecule has 3 rings (SSSR count). The minimum absolute atomic E-state index is 0.0750. The summed E-state index contributed by atoms with van der Waals surface area (Å²) in [5, 5.41) is 14.3. The minimum Gasteiger partial charge on any atom is -0.475 e. The maximum atomic E-state index is 12.2. The monoisotopic (exact) mass is 477 g/mol. The van der Waals surface area contributed by atoms with Gasteiger partial charge in [0, 0.05) is 31.7 Å². The van der Waals surface area contributed by atoms with Crippen molar-refractivity contribution in [2.75, 3.05) is 18.8 Å². The third kappa shape index (κ3) is 6.75. The van der Waals surface area contributed by atoms with Crippen molar-refractivity contribution in [1.29, 1.82) is 0 Å². The Morgan fingerprint density at radius 3 is 2.53 bits per heavy atom. The first-order chi connectivity index (χ1) is 15.0. The van der Waals surface area contributed by atoms with E-state index in [1.165, 1.54) is 10.5 Å². The summed E-state index contributed by atoms with van der Waals surface area (Å²) >= 11 is 0. The molecule has 32 heavy (non-hydrogen) atoms. The van der Waals surface area contributed by atoms with Crippen LogP contribution in [0.25, 0.3) is 0 Å². The highest BCUT2D eigenvalue weighted by atomic mass is 32.2. The molecule has 1 unspecified atom stereocenters. The topological polar surface area (TPSA) is 134 Å². The Kier molecular flexibility index (Phi) is 8.32. The number of alkyl halides is 3. The Hall–Kier alpha value is -3.00. The fourth-order valence-electron chi connectivity index (χ4n) is 2.91. The zero-order valence-electron chi connectivity index (χ0n) is 17.0. The number of aliphatic carboxylic acids is 1. The molecule has 176 valence electrons. The molecule has 0 aliphatic carbocycles. The van der Waals surface area contributed by atoms with E-state index in [-0.39, 0.29) is 17.7 Å². The van der Waals surface area contributed by atoms with E-state index < -0.39 is 22.2 Å². The van der Waals surface area contributed by atoms with E-state index in [2.05, 4.69) is 15.4 Å². The first kappa shape index (κ1) is 25.3. The lowest BCUT2D eigenvalue weighted by Gasteiger charge is -2.33. The van der Waals surface area contributed by atoms with Crippen molar-refractivity contribution in [3.05, 3.63) is 48.0 Å². The van der Waals surface area contributed by atoms with Crippen LogP contribution in [0.15, 0.2) is 36.8 Å². The summed E-state index contributed by atoms with van der Waals surface area (Å²) in [5.41, 5.74) is 1.37. The second-order valence-electron chi connectivity index (χ2n) is 6.70. The Labute approximate surface area is 182 Å². The quantitative estimate of drug-likeness (QED) is 0.643. The molecule has 2 aromatic heterocycles. The Balaban J connectivity index is 0.000000451. The third-order valence-corrected chi connectivity index (χ3v) is 6.33. The predicted octanol–water partition coefficient (Wildman–Crippen LogP) is 1.44. The molecule has 1 atom stereocenters. The number of nitrogens with one attached hydrogen (secondary N) is 1. The van der Waals surface area contributed by atoms with Gasteiger partial charge in [0.15, 0.2) is 0 Å². The van der Waals surface area contributed by atoms with Crippen LogP contribution in [-0.4, -0.2) is 69.5 Å². The zero-order valence-corrected chi connectivity index (χ0v) is 17.8. The lowest BCUT2D eigenvalue weighted by atomic mass is 10.1. The van der Waals surface area contributed by atoms with Crippen LogP contribution < -0.4 is 5.32 Å². The van der Waals surface area contributed by atoms with Crippen molar-refractivity contribution < 1.29 is 36.3 Å². The largest absolute Gasteiger partial charge is 0.490 e. The minimum atomic E-state index is -5.08. The molecule has 2 aromatic rings. The number of hydrogen-bond donors (Lipinski definition) is 2. The number of carboxylic acid groups (broad SMARTS) is 1. The van der Waals surface area contributed by atoms with Crippen LogP contribution in [0.2, 0.25) is 0 Å². The first-order valence-corrected chi connectivity index (χ1v) is 11.0. The smallest absolute Gasteiger partial charge is 0.475 e. The number of carbonyl (C=O) groups excluding carboxylic acids is 1. The number of fused-ring (bicyclic) bond motifs is 1. The summed E-state index contributed by atoms with van der Waals surface area (Å²) in [5.74, 6) is -2.87. The fraction of sp³-hybridized carbons (Fsp3) is 0.444. The van der Waals surface area contributed by atoms with Crippen molar-refractivity contribution in [2.24, 2.45) is 0 Å². The molecule has 0 aromatic carbocycles. The Morgan fingerprint density at radius 2 is 1.97 bits per heavy atom. The van der Waals surface area contributed by atoms with Gasteiger partial charge in [-0.05, 0) is 31.5 Å². The molecule has 0 saturated carbocycles. The molecule has 1 amide bonds. The second-order valence-corrected chi connectivity index (χ2v) is 8.96. The molecule has 2 N–H and O–H groups in total. The number of rotatable bonds is 6. The van der Waals surface area contributed by atoms with Crippen molar-refractivity contribution in [1.82, 2.24) is 24.4 Å². The lowest BCUT2D eigenvalue weighted by Crippen LogP contribution is -2.42. The molecule has 14 heteroatoms.